The summed E-state index contributed by atoms with van der Waals surface area (Å²) < 4.78 is 71.7. The first-order valence-corrected chi connectivity index (χ1v) is 11.1. The van der Waals surface area contributed by atoms with Gasteiger partial charge >= 0.3 is 5.92 Å². The zero-order chi connectivity index (χ0) is 26.2. The standard InChI is InChI=1S/C23H19F4N5O3S/c1-5-18(33)29-14-10-32(2)31-12(14)6-11-7-13-17(9-28-11)36-22(30-13)23(26,27)19-20(24)15(34-3)8-16(35-4)21(19)25/h5,7-10H,1,6H2,2-4H3,(H,29,33). The fraction of sp³-hybridized carbons (Fsp3) is 0.217. The van der Waals surface area contributed by atoms with Gasteiger partial charge in [0.25, 0.3) is 0 Å². The highest BCUT2D eigenvalue weighted by molar-refractivity contribution is 7.18. The zero-order valence-corrected chi connectivity index (χ0v) is 20.1. The van der Waals surface area contributed by atoms with E-state index >= 15 is 8.78 Å². The van der Waals surface area contributed by atoms with Crippen LogP contribution in [-0.2, 0) is 24.2 Å². The second-order valence-corrected chi connectivity index (χ2v) is 8.58. The number of carbonyl (C=O) groups excluding carboxylic acids is 1. The number of amides is 1. The Morgan fingerprint density at radius 1 is 1.22 bits per heavy atom. The summed E-state index contributed by atoms with van der Waals surface area (Å²) in [5.74, 6) is -8.85. The molecule has 0 aliphatic rings. The first kappa shape index (κ1) is 25.1. The summed E-state index contributed by atoms with van der Waals surface area (Å²) in [6.07, 6.45) is 4.21. The van der Waals surface area contributed by atoms with Crippen molar-refractivity contribution in [2.75, 3.05) is 19.5 Å². The third-order valence-corrected chi connectivity index (χ3v) is 6.26. The van der Waals surface area contributed by atoms with Gasteiger partial charge in [-0.1, -0.05) is 6.58 Å². The minimum Gasteiger partial charge on any atom is -0.494 e. The number of ether oxygens (including phenoxy) is 2. The van der Waals surface area contributed by atoms with E-state index in [-0.39, 0.29) is 16.6 Å². The van der Waals surface area contributed by atoms with Gasteiger partial charge in [-0.3, -0.25) is 14.5 Å². The first-order valence-electron chi connectivity index (χ1n) is 10.3. The van der Waals surface area contributed by atoms with Gasteiger partial charge in [0.1, 0.15) is 5.56 Å². The summed E-state index contributed by atoms with van der Waals surface area (Å²) in [5.41, 5.74) is -0.0264. The summed E-state index contributed by atoms with van der Waals surface area (Å²) in [7, 11) is 3.81. The van der Waals surface area contributed by atoms with E-state index in [1.165, 1.54) is 16.9 Å². The zero-order valence-electron chi connectivity index (χ0n) is 19.2. The molecular formula is C23H19F4N5O3S. The van der Waals surface area contributed by atoms with Gasteiger partial charge in [-0.2, -0.15) is 13.9 Å². The maximum Gasteiger partial charge on any atom is 0.330 e. The van der Waals surface area contributed by atoms with E-state index in [2.05, 4.69) is 27.0 Å². The van der Waals surface area contributed by atoms with Crippen molar-refractivity contribution >= 4 is 33.1 Å². The second-order valence-electron chi connectivity index (χ2n) is 7.55. The second kappa shape index (κ2) is 9.57. The van der Waals surface area contributed by atoms with Crippen LogP contribution in [0.15, 0.2) is 37.2 Å². The Hall–Kier alpha value is -4.00. The lowest BCUT2D eigenvalue weighted by Gasteiger charge is -2.18. The number of pyridine rings is 1. The topological polar surface area (TPSA) is 91.2 Å². The Kier molecular flexibility index (Phi) is 6.67. The molecule has 0 unspecified atom stereocenters. The number of carbonyl (C=O) groups is 1. The molecule has 4 aromatic rings. The number of benzene rings is 1. The highest BCUT2D eigenvalue weighted by Crippen LogP contribution is 2.45. The predicted octanol–water partition coefficient (Wildman–Crippen LogP) is 4.58. The van der Waals surface area contributed by atoms with Gasteiger partial charge < -0.3 is 14.8 Å². The third-order valence-electron chi connectivity index (χ3n) is 5.19. The van der Waals surface area contributed by atoms with E-state index in [9.17, 15) is 13.6 Å². The molecule has 0 aliphatic carbocycles. The van der Waals surface area contributed by atoms with E-state index in [0.29, 0.717) is 28.4 Å². The van der Waals surface area contributed by atoms with Gasteiger partial charge in [0.15, 0.2) is 28.1 Å². The van der Waals surface area contributed by atoms with Crippen molar-refractivity contribution in [3.05, 3.63) is 70.8 Å². The number of aryl methyl sites for hydroxylation is 1. The molecule has 3 heterocycles. The average molecular weight is 521 g/mol. The Morgan fingerprint density at radius 2 is 1.89 bits per heavy atom. The van der Waals surface area contributed by atoms with Crippen molar-refractivity contribution in [1.29, 1.82) is 0 Å². The third kappa shape index (κ3) is 4.49. The van der Waals surface area contributed by atoms with Crippen LogP contribution in [0.2, 0.25) is 0 Å². The fourth-order valence-electron chi connectivity index (χ4n) is 3.50. The fourth-order valence-corrected chi connectivity index (χ4v) is 4.40. The van der Waals surface area contributed by atoms with Gasteiger partial charge in [-0.25, -0.2) is 13.8 Å². The number of methoxy groups -OCH3 is 2. The van der Waals surface area contributed by atoms with Crippen molar-refractivity contribution in [2.45, 2.75) is 12.3 Å². The van der Waals surface area contributed by atoms with Crippen LogP contribution >= 0.6 is 11.3 Å². The van der Waals surface area contributed by atoms with Crippen LogP contribution in [0, 0.1) is 11.6 Å². The SMILES string of the molecule is C=CC(=O)Nc1cn(C)nc1Cc1cc2nc(C(F)(F)c3c(F)c(OC)cc(OC)c3F)sc2cn1. The molecule has 188 valence electrons. The van der Waals surface area contributed by atoms with E-state index < -0.39 is 45.5 Å². The highest BCUT2D eigenvalue weighted by atomic mass is 32.1. The summed E-state index contributed by atoms with van der Waals surface area (Å²) in [6.45, 7) is 3.40. The molecule has 0 atom stereocenters. The quantitative estimate of drug-likeness (QED) is 0.270. The number of rotatable bonds is 8. The molecule has 4 rings (SSSR count). The lowest BCUT2D eigenvalue weighted by atomic mass is 10.1. The number of fused-ring (bicyclic) bond motifs is 1. The van der Waals surface area contributed by atoms with Crippen LogP contribution in [0.1, 0.15) is 22.0 Å². The molecule has 0 saturated carbocycles. The van der Waals surface area contributed by atoms with Gasteiger partial charge in [0.05, 0.1) is 35.8 Å². The number of thiazole rings is 1. The van der Waals surface area contributed by atoms with Crippen LogP contribution in [-0.4, -0.2) is 39.9 Å². The van der Waals surface area contributed by atoms with E-state index in [1.54, 1.807) is 13.2 Å². The van der Waals surface area contributed by atoms with Crippen molar-refractivity contribution in [3.8, 4) is 11.5 Å². The van der Waals surface area contributed by atoms with Gasteiger partial charge in [-0.05, 0) is 12.1 Å². The molecule has 13 heteroatoms. The van der Waals surface area contributed by atoms with Crippen molar-refractivity contribution in [3.63, 3.8) is 0 Å². The molecule has 3 aromatic heterocycles. The number of hydrogen-bond donors (Lipinski definition) is 1. The number of halogens is 4. The van der Waals surface area contributed by atoms with Crippen LogP contribution in [0.3, 0.4) is 0 Å². The van der Waals surface area contributed by atoms with Gasteiger partial charge in [0.2, 0.25) is 5.91 Å². The Labute approximate surface area is 206 Å². The number of hydrogen-bond acceptors (Lipinski definition) is 7. The number of nitrogens with one attached hydrogen (secondary N) is 1. The average Bonchev–Trinajstić information content (AvgIpc) is 3.42. The molecule has 0 spiro atoms. The van der Waals surface area contributed by atoms with Crippen molar-refractivity contribution in [1.82, 2.24) is 19.7 Å². The van der Waals surface area contributed by atoms with Crippen LogP contribution in [0.5, 0.6) is 11.5 Å². The van der Waals surface area contributed by atoms with E-state index in [1.807, 2.05) is 0 Å². The summed E-state index contributed by atoms with van der Waals surface area (Å²) in [6, 6.07) is 2.32. The minimum atomic E-state index is -4.14. The molecule has 0 bridgehead atoms. The van der Waals surface area contributed by atoms with Crippen molar-refractivity contribution in [2.24, 2.45) is 7.05 Å². The summed E-state index contributed by atoms with van der Waals surface area (Å²) >= 11 is 0.551. The van der Waals surface area contributed by atoms with Gasteiger partial charge in [0, 0.05) is 37.6 Å². The minimum absolute atomic E-state index is 0.156. The Balaban J connectivity index is 1.72. The maximum absolute atomic E-state index is 15.4. The molecule has 1 N–H and O–H groups in total. The first-order chi connectivity index (χ1) is 17.1. The molecule has 1 amide bonds. The van der Waals surface area contributed by atoms with Crippen molar-refractivity contribution < 1.29 is 31.8 Å². The number of aromatic nitrogens is 4. The molecule has 8 nitrogen and oxygen atoms in total. The highest BCUT2D eigenvalue weighted by Gasteiger charge is 2.45. The molecule has 0 radical (unpaired) electrons. The summed E-state index contributed by atoms with van der Waals surface area (Å²) in [4.78, 5) is 19.9. The van der Waals surface area contributed by atoms with Crippen LogP contribution < -0.4 is 14.8 Å². The maximum atomic E-state index is 15.4. The smallest absolute Gasteiger partial charge is 0.330 e. The molecular weight excluding hydrogens is 502 g/mol. The van der Waals surface area contributed by atoms with Crippen LogP contribution in [0.25, 0.3) is 10.2 Å². The molecule has 0 saturated heterocycles. The lowest BCUT2D eigenvalue weighted by molar-refractivity contribution is -0.111. The largest absolute Gasteiger partial charge is 0.494 e. The number of alkyl halides is 2. The number of nitrogens with zero attached hydrogens (tertiary/aromatic N) is 4. The normalized spacial score (nSPS) is 11.5. The molecule has 0 fully saturated rings. The summed E-state index contributed by atoms with van der Waals surface area (Å²) in [5, 5.41) is 6.10. The molecule has 0 aliphatic heterocycles. The monoisotopic (exact) mass is 521 g/mol. The Bertz CT molecular complexity index is 1460. The lowest BCUT2D eigenvalue weighted by Crippen LogP contribution is -2.20. The molecule has 36 heavy (non-hydrogen) atoms. The predicted molar refractivity (Wildman–Crippen MR) is 125 cm³/mol. The number of anilines is 1. The van der Waals surface area contributed by atoms with E-state index in [4.69, 9.17) is 9.47 Å². The van der Waals surface area contributed by atoms with E-state index in [0.717, 1.165) is 26.4 Å². The molecule has 1 aromatic carbocycles. The van der Waals surface area contributed by atoms with Gasteiger partial charge in [-0.15, -0.1) is 11.3 Å². The van der Waals surface area contributed by atoms with Crippen LogP contribution in [0.4, 0.5) is 23.2 Å². The Morgan fingerprint density at radius 3 is 2.50 bits per heavy atom.